The van der Waals surface area contributed by atoms with Gasteiger partial charge in [-0.15, -0.1) is 0 Å². The molecule has 0 bridgehead atoms. The van der Waals surface area contributed by atoms with E-state index < -0.39 is 0 Å². The van der Waals surface area contributed by atoms with Crippen LogP contribution in [0.2, 0.25) is 0 Å². The van der Waals surface area contributed by atoms with Crippen molar-refractivity contribution in [3.05, 3.63) is 72.2 Å². The first-order valence-electron chi connectivity index (χ1n) is 8.95. The minimum Gasteiger partial charge on any atom is -0.338 e. The molecule has 0 unspecified atom stereocenters. The molecule has 0 aliphatic carbocycles. The monoisotopic (exact) mass is 346 g/mol. The van der Waals surface area contributed by atoms with E-state index in [4.69, 9.17) is 4.98 Å². The Labute approximate surface area is 155 Å². The summed E-state index contributed by atoms with van der Waals surface area (Å²) in [6.45, 7) is 9.93. The third kappa shape index (κ3) is 3.69. The van der Waals surface area contributed by atoms with Gasteiger partial charge in [-0.3, -0.25) is 0 Å². The van der Waals surface area contributed by atoms with Gasteiger partial charge in [0.1, 0.15) is 5.82 Å². The standard InChI is InChI=1S/C22H26N4/c1-17(2)26(20-12-7-5-10-18(20)3)16-22-24-19-11-6-8-13-21(19)25(22)15-9-14-23-4/h5-8,10-14H,1,9,15-16H2,2-4H3. The molecule has 26 heavy (non-hydrogen) atoms. The number of hydrogen-bond acceptors (Lipinski definition) is 3. The lowest BCUT2D eigenvalue weighted by atomic mass is 10.1. The molecule has 0 fully saturated rings. The van der Waals surface area contributed by atoms with Crippen molar-refractivity contribution in [2.24, 2.45) is 4.99 Å². The number of aromatic nitrogens is 2. The van der Waals surface area contributed by atoms with E-state index in [1.807, 2.05) is 26.3 Å². The molecule has 0 aliphatic rings. The predicted octanol–water partition coefficient (Wildman–Crippen LogP) is 4.98. The zero-order valence-corrected chi connectivity index (χ0v) is 15.8. The number of aryl methyl sites for hydroxylation is 2. The zero-order valence-electron chi connectivity index (χ0n) is 15.8. The fraction of sp³-hybridized carbons (Fsp3) is 0.273. The molecule has 0 amide bonds. The van der Waals surface area contributed by atoms with Crippen LogP contribution in [0.1, 0.15) is 24.7 Å². The number of hydrogen-bond donors (Lipinski definition) is 0. The highest BCUT2D eigenvalue weighted by molar-refractivity contribution is 5.76. The van der Waals surface area contributed by atoms with Crippen molar-refractivity contribution in [3.8, 4) is 0 Å². The second-order valence-electron chi connectivity index (χ2n) is 6.51. The maximum Gasteiger partial charge on any atom is 0.129 e. The topological polar surface area (TPSA) is 33.4 Å². The lowest BCUT2D eigenvalue weighted by Gasteiger charge is -2.26. The number of imidazole rings is 1. The molecule has 3 aromatic rings. The average Bonchev–Trinajstić information content (AvgIpc) is 2.98. The number of aliphatic imine (C=N–C) groups is 1. The van der Waals surface area contributed by atoms with Gasteiger partial charge in [-0.1, -0.05) is 36.9 Å². The Morgan fingerprint density at radius 2 is 1.92 bits per heavy atom. The van der Waals surface area contributed by atoms with E-state index in [1.54, 1.807) is 0 Å². The Morgan fingerprint density at radius 1 is 1.19 bits per heavy atom. The molecule has 0 aliphatic heterocycles. The third-order valence-corrected chi connectivity index (χ3v) is 4.56. The van der Waals surface area contributed by atoms with Crippen LogP contribution in [-0.4, -0.2) is 22.8 Å². The van der Waals surface area contributed by atoms with Crippen molar-refractivity contribution in [1.29, 1.82) is 0 Å². The van der Waals surface area contributed by atoms with Gasteiger partial charge >= 0.3 is 0 Å². The molecule has 3 rings (SSSR count). The number of fused-ring (bicyclic) bond motifs is 1. The van der Waals surface area contributed by atoms with Gasteiger partial charge in [0.2, 0.25) is 0 Å². The quantitative estimate of drug-likeness (QED) is 0.566. The van der Waals surface area contributed by atoms with Crippen LogP contribution < -0.4 is 4.90 Å². The number of rotatable bonds is 7. The van der Waals surface area contributed by atoms with E-state index in [2.05, 4.69) is 70.4 Å². The molecule has 0 saturated heterocycles. The van der Waals surface area contributed by atoms with Crippen molar-refractivity contribution in [2.45, 2.75) is 33.4 Å². The van der Waals surface area contributed by atoms with E-state index >= 15 is 0 Å². The third-order valence-electron chi connectivity index (χ3n) is 4.56. The van der Waals surface area contributed by atoms with E-state index in [0.29, 0.717) is 6.54 Å². The molecule has 2 aromatic carbocycles. The molecule has 1 aromatic heterocycles. The molecule has 0 N–H and O–H groups in total. The molecule has 0 radical (unpaired) electrons. The molecular weight excluding hydrogens is 320 g/mol. The Kier molecular flexibility index (Phi) is 5.52. The highest BCUT2D eigenvalue weighted by atomic mass is 15.2. The van der Waals surface area contributed by atoms with Gasteiger partial charge in [-0.25, -0.2) is 4.98 Å². The fourth-order valence-corrected chi connectivity index (χ4v) is 3.24. The van der Waals surface area contributed by atoms with Crippen LogP contribution in [0, 0.1) is 6.92 Å². The number of allylic oxidation sites excluding steroid dienone is 1. The molecule has 4 heteroatoms. The minimum absolute atomic E-state index is 0.693. The zero-order chi connectivity index (χ0) is 18.5. The summed E-state index contributed by atoms with van der Waals surface area (Å²) in [4.78, 5) is 11.3. The van der Waals surface area contributed by atoms with Gasteiger partial charge in [-0.05, 0) is 37.6 Å². The molecule has 0 spiro atoms. The summed E-state index contributed by atoms with van der Waals surface area (Å²) in [7, 11) is 1.81. The van der Waals surface area contributed by atoms with Crippen molar-refractivity contribution >= 4 is 22.9 Å². The second kappa shape index (κ2) is 8.00. The summed E-state index contributed by atoms with van der Waals surface area (Å²) in [5.41, 5.74) is 5.61. The van der Waals surface area contributed by atoms with E-state index in [9.17, 15) is 0 Å². The van der Waals surface area contributed by atoms with Crippen molar-refractivity contribution in [3.63, 3.8) is 0 Å². The Bertz CT molecular complexity index is 936. The van der Waals surface area contributed by atoms with Crippen LogP contribution >= 0.6 is 0 Å². The van der Waals surface area contributed by atoms with Crippen LogP contribution in [0.15, 0.2) is 65.8 Å². The second-order valence-corrected chi connectivity index (χ2v) is 6.51. The van der Waals surface area contributed by atoms with Crippen LogP contribution in [-0.2, 0) is 13.1 Å². The van der Waals surface area contributed by atoms with Crippen LogP contribution in [0.25, 0.3) is 11.0 Å². The molecule has 0 atom stereocenters. The first kappa shape index (κ1) is 17.9. The first-order chi connectivity index (χ1) is 12.6. The van der Waals surface area contributed by atoms with Gasteiger partial charge in [0.05, 0.1) is 17.6 Å². The molecular formula is C22H26N4. The minimum atomic E-state index is 0.693. The lowest BCUT2D eigenvalue weighted by molar-refractivity contribution is 0.682. The summed E-state index contributed by atoms with van der Waals surface area (Å²) in [6, 6.07) is 16.7. The normalized spacial score (nSPS) is 11.3. The maximum absolute atomic E-state index is 4.90. The lowest BCUT2D eigenvalue weighted by Crippen LogP contribution is -2.23. The van der Waals surface area contributed by atoms with E-state index in [1.165, 1.54) is 16.8 Å². The van der Waals surface area contributed by atoms with Crippen molar-refractivity contribution in [1.82, 2.24) is 9.55 Å². The average molecular weight is 346 g/mol. The number of nitrogens with zero attached hydrogens (tertiary/aromatic N) is 4. The summed E-state index contributed by atoms with van der Waals surface area (Å²) >= 11 is 0. The molecule has 1 heterocycles. The SMILES string of the molecule is C=C(C)N(Cc1nc2ccccc2n1CCC=NC)c1ccccc1C. The summed E-state index contributed by atoms with van der Waals surface area (Å²) in [5, 5.41) is 0. The van der Waals surface area contributed by atoms with Crippen molar-refractivity contribution in [2.75, 3.05) is 11.9 Å². The fourth-order valence-electron chi connectivity index (χ4n) is 3.24. The summed E-state index contributed by atoms with van der Waals surface area (Å²) < 4.78 is 2.30. The largest absolute Gasteiger partial charge is 0.338 e. The van der Waals surface area contributed by atoms with Gasteiger partial charge in [-0.2, -0.15) is 0 Å². The molecule has 134 valence electrons. The summed E-state index contributed by atoms with van der Waals surface area (Å²) in [5.74, 6) is 1.04. The number of benzene rings is 2. The highest BCUT2D eigenvalue weighted by Crippen LogP contribution is 2.26. The predicted molar refractivity (Wildman–Crippen MR) is 111 cm³/mol. The van der Waals surface area contributed by atoms with E-state index in [0.717, 1.165) is 30.0 Å². The molecule has 4 nitrogen and oxygen atoms in total. The number of para-hydroxylation sites is 3. The van der Waals surface area contributed by atoms with Gasteiger partial charge in [0.25, 0.3) is 0 Å². The Hall–Kier alpha value is -2.88. The van der Waals surface area contributed by atoms with Gasteiger partial charge < -0.3 is 14.5 Å². The van der Waals surface area contributed by atoms with Crippen LogP contribution in [0.4, 0.5) is 5.69 Å². The Balaban J connectivity index is 2.01. The maximum atomic E-state index is 4.90. The Morgan fingerprint density at radius 3 is 2.65 bits per heavy atom. The first-order valence-corrected chi connectivity index (χ1v) is 8.95. The van der Waals surface area contributed by atoms with Gasteiger partial charge in [0.15, 0.2) is 0 Å². The summed E-state index contributed by atoms with van der Waals surface area (Å²) in [6.07, 6.45) is 2.84. The van der Waals surface area contributed by atoms with Crippen LogP contribution in [0.5, 0.6) is 0 Å². The molecule has 0 saturated carbocycles. The smallest absolute Gasteiger partial charge is 0.129 e. The van der Waals surface area contributed by atoms with Crippen LogP contribution in [0.3, 0.4) is 0 Å². The highest BCUT2D eigenvalue weighted by Gasteiger charge is 2.16. The van der Waals surface area contributed by atoms with Gasteiger partial charge in [0, 0.05) is 37.6 Å². The number of anilines is 1. The van der Waals surface area contributed by atoms with E-state index in [-0.39, 0.29) is 0 Å². The van der Waals surface area contributed by atoms with Crippen molar-refractivity contribution < 1.29 is 0 Å².